The Hall–Kier alpha value is -3.80. The molecule has 0 saturated heterocycles. The Morgan fingerprint density at radius 2 is 1.62 bits per heavy atom. The number of nitrogens with one attached hydrogen (secondary N) is 1. The van der Waals surface area contributed by atoms with Crippen LogP contribution in [0.2, 0.25) is 0 Å². The zero-order valence-electron chi connectivity index (χ0n) is 13.8. The molecule has 0 amide bonds. The summed E-state index contributed by atoms with van der Waals surface area (Å²) in [5.74, 6) is 0. The van der Waals surface area contributed by atoms with Gasteiger partial charge in [-0.25, -0.2) is 4.98 Å². The second-order valence-corrected chi connectivity index (χ2v) is 5.91. The summed E-state index contributed by atoms with van der Waals surface area (Å²) >= 11 is 0. The van der Waals surface area contributed by atoms with Gasteiger partial charge in [-0.05, 0) is 47.5 Å². The molecule has 0 aliphatic carbocycles. The number of pyridine rings is 2. The summed E-state index contributed by atoms with van der Waals surface area (Å²) in [6.07, 6.45) is 1.53. The minimum absolute atomic E-state index is 0.209. The average Bonchev–Trinajstić information content (AvgIpc) is 2.67. The second-order valence-electron chi connectivity index (χ2n) is 5.91. The number of benzene rings is 2. The minimum Gasteiger partial charge on any atom is -0.423 e. The molecule has 0 atom stereocenters. The van der Waals surface area contributed by atoms with Gasteiger partial charge in [0.15, 0.2) is 5.65 Å². The highest BCUT2D eigenvalue weighted by Crippen LogP contribution is 2.26. The SMILES string of the molecule is Nc1ccc(-c2ccc(Nc3cc(=O)n(O)c4ncccc34)cc2)cc1. The van der Waals surface area contributed by atoms with Gasteiger partial charge >= 0.3 is 0 Å². The molecule has 2 heterocycles. The molecule has 2 aromatic carbocycles. The molecule has 128 valence electrons. The molecule has 0 aliphatic rings. The third-order valence-corrected chi connectivity index (χ3v) is 4.16. The van der Waals surface area contributed by atoms with Gasteiger partial charge in [0.25, 0.3) is 5.56 Å². The van der Waals surface area contributed by atoms with Crippen LogP contribution in [0.1, 0.15) is 0 Å². The van der Waals surface area contributed by atoms with Crippen LogP contribution in [0.5, 0.6) is 0 Å². The van der Waals surface area contributed by atoms with E-state index >= 15 is 0 Å². The molecule has 0 saturated carbocycles. The summed E-state index contributed by atoms with van der Waals surface area (Å²) in [7, 11) is 0. The minimum atomic E-state index is -0.544. The summed E-state index contributed by atoms with van der Waals surface area (Å²) in [6.45, 7) is 0. The largest absolute Gasteiger partial charge is 0.423 e. The maximum atomic E-state index is 11.9. The van der Waals surface area contributed by atoms with E-state index in [1.807, 2.05) is 48.5 Å². The number of fused-ring (bicyclic) bond motifs is 1. The zero-order valence-corrected chi connectivity index (χ0v) is 13.8. The van der Waals surface area contributed by atoms with Gasteiger partial charge in [0.05, 0.1) is 5.69 Å². The van der Waals surface area contributed by atoms with Crippen molar-refractivity contribution in [1.29, 1.82) is 0 Å². The van der Waals surface area contributed by atoms with Crippen LogP contribution in [0.25, 0.3) is 22.2 Å². The Labute approximate surface area is 149 Å². The lowest BCUT2D eigenvalue weighted by atomic mass is 10.1. The molecule has 4 rings (SSSR count). The quantitative estimate of drug-likeness (QED) is 0.390. The standard InChI is InChI=1S/C20H16N4O2/c21-15-7-3-13(4-8-15)14-5-9-16(10-6-14)23-18-12-19(25)24(26)20-17(18)2-1-11-22-20/h1-12,23,26H,21H2. The van der Waals surface area contributed by atoms with E-state index in [9.17, 15) is 10.0 Å². The molecule has 4 N–H and O–H groups in total. The van der Waals surface area contributed by atoms with Crippen molar-refractivity contribution in [1.82, 2.24) is 9.71 Å². The molecule has 0 aliphatic heterocycles. The number of nitrogens with zero attached hydrogens (tertiary/aromatic N) is 2. The van der Waals surface area contributed by atoms with Crippen molar-refractivity contribution in [3.05, 3.63) is 83.3 Å². The molecule has 6 heteroatoms. The van der Waals surface area contributed by atoms with Crippen molar-refractivity contribution < 1.29 is 5.21 Å². The first-order valence-corrected chi connectivity index (χ1v) is 8.05. The van der Waals surface area contributed by atoms with E-state index in [1.54, 1.807) is 12.1 Å². The van der Waals surface area contributed by atoms with Gasteiger partial charge in [-0.1, -0.05) is 24.3 Å². The highest BCUT2D eigenvalue weighted by Gasteiger charge is 2.09. The van der Waals surface area contributed by atoms with Crippen molar-refractivity contribution in [2.75, 3.05) is 11.1 Å². The van der Waals surface area contributed by atoms with Crippen molar-refractivity contribution in [2.24, 2.45) is 0 Å². The van der Waals surface area contributed by atoms with E-state index < -0.39 is 5.56 Å². The lowest BCUT2D eigenvalue weighted by Crippen LogP contribution is -2.18. The van der Waals surface area contributed by atoms with E-state index in [4.69, 9.17) is 5.73 Å². The molecule has 4 aromatic rings. The highest BCUT2D eigenvalue weighted by atomic mass is 16.5. The van der Waals surface area contributed by atoms with Crippen LogP contribution < -0.4 is 16.6 Å². The topological polar surface area (TPSA) is 93.2 Å². The molecule has 0 fully saturated rings. The maximum absolute atomic E-state index is 11.9. The molecule has 2 aromatic heterocycles. The van der Waals surface area contributed by atoms with E-state index in [2.05, 4.69) is 10.3 Å². The fourth-order valence-electron chi connectivity index (χ4n) is 2.82. The van der Waals surface area contributed by atoms with Crippen LogP contribution in [0.4, 0.5) is 17.1 Å². The fraction of sp³-hybridized carbons (Fsp3) is 0. The Balaban J connectivity index is 1.68. The molecule has 0 radical (unpaired) electrons. The van der Waals surface area contributed by atoms with Gasteiger partial charge in [0.1, 0.15) is 0 Å². The number of rotatable bonds is 3. The first-order chi connectivity index (χ1) is 12.6. The second kappa shape index (κ2) is 6.25. The van der Waals surface area contributed by atoms with Crippen molar-refractivity contribution >= 4 is 28.1 Å². The molecule has 0 unspecified atom stereocenters. The monoisotopic (exact) mass is 344 g/mol. The number of nitrogens with two attached hydrogens (primary N) is 1. The predicted molar refractivity (Wildman–Crippen MR) is 103 cm³/mol. The summed E-state index contributed by atoms with van der Waals surface area (Å²) in [5.41, 5.74) is 9.66. The number of nitrogen functional groups attached to an aromatic ring is 1. The third kappa shape index (κ3) is 2.84. The van der Waals surface area contributed by atoms with Crippen molar-refractivity contribution in [3.8, 4) is 11.1 Å². The number of aromatic nitrogens is 2. The Morgan fingerprint density at radius 3 is 2.31 bits per heavy atom. The van der Waals surface area contributed by atoms with E-state index in [1.165, 1.54) is 12.3 Å². The number of hydrogen-bond donors (Lipinski definition) is 3. The third-order valence-electron chi connectivity index (χ3n) is 4.16. The smallest absolute Gasteiger partial charge is 0.286 e. The maximum Gasteiger partial charge on any atom is 0.286 e. The summed E-state index contributed by atoms with van der Waals surface area (Å²) in [5, 5.41) is 13.7. The van der Waals surface area contributed by atoms with Gasteiger partial charge in [-0.15, -0.1) is 4.73 Å². The predicted octanol–water partition coefficient (Wildman–Crippen LogP) is 3.63. The Kier molecular flexibility index (Phi) is 3.78. The van der Waals surface area contributed by atoms with Crippen LogP contribution >= 0.6 is 0 Å². The van der Waals surface area contributed by atoms with Gasteiger partial charge in [0.2, 0.25) is 0 Å². The van der Waals surface area contributed by atoms with Crippen LogP contribution in [0.15, 0.2) is 77.7 Å². The molecule has 0 bridgehead atoms. The van der Waals surface area contributed by atoms with Crippen LogP contribution in [-0.2, 0) is 0 Å². The molecule has 0 spiro atoms. The first-order valence-electron chi connectivity index (χ1n) is 8.05. The number of anilines is 3. The van der Waals surface area contributed by atoms with Gasteiger partial charge < -0.3 is 16.3 Å². The molecule has 6 nitrogen and oxygen atoms in total. The average molecular weight is 344 g/mol. The Morgan fingerprint density at radius 1 is 0.962 bits per heavy atom. The summed E-state index contributed by atoms with van der Waals surface area (Å²) in [4.78, 5) is 16.0. The molecule has 26 heavy (non-hydrogen) atoms. The first kappa shape index (κ1) is 15.7. The van der Waals surface area contributed by atoms with Crippen molar-refractivity contribution in [2.45, 2.75) is 0 Å². The fourth-order valence-corrected chi connectivity index (χ4v) is 2.82. The van der Waals surface area contributed by atoms with Crippen LogP contribution in [-0.4, -0.2) is 14.9 Å². The lowest BCUT2D eigenvalue weighted by Gasteiger charge is -2.11. The Bertz CT molecular complexity index is 1130. The summed E-state index contributed by atoms with van der Waals surface area (Å²) < 4.78 is 0.546. The van der Waals surface area contributed by atoms with E-state index in [0.717, 1.165) is 22.5 Å². The van der Waals surface area contributed by atoms with Crippen LogP contribution in [0.3, 0.4) is 0 Å². The molecular weight excluding hydrogens is 328 g/mol. The zero-order chi connectivity index (χ0) is 18.1. The number of hydrogen-bond acceptors (Lipinski definition) is 5. The van der Waals surface area contributed by atoms with Crippen molar-refractivity contribution in [3.63, 3.8) is 0 Å². The van der Waals surface area contributed by atoms with E-state index in [-0.39, 0.29) is 5.65 Å². The molecular formula is C20H16N4O2. The van der Waals surface area contributed by atoms with Crippen LogP contribution in [0, 0.1) is 0 Å². The summed E-state index contributed by atoms with van der Waals surface area (Å²) in [6, 6.07) is 20.4. The lowest BCUT2D eigenvalue weighted by molar-refractivity contribution is 0.187. The normalized spacial score (nSPS) is 10.8. The van der Waals surface area contributed by atoms with Gasteiger partial charge in [-0.2, -0.15) is 0 Å². The van der Waals surface area contributed by atoms with Gasteiger partial charge in [0, 0.05) is 29.0 Å². The van der Waals surface area contributed by atoms with Gasteiger partial charge in [-0.3, -0.25) is 4.79 Å². The van der Waals surface area contributed by atoms with E-state index in [0.29, 0.717) is 15.8 Å². The highest BCUT2D eigenvalue weighted by molar-refractivity contribution is 5.90.